The quantitative estimate of drug-likeness (QED) is 0.684. The normalized spacial score (nSPS) is 17.0. The van der Waals surface area contributed by atoms with Gasteiger partial charge in [0.05, 0.1) is 0 Å². The lowest BCUT2D eigenvalue weighted by Gasteiger charge is -2.19. The van der Waals surface area contributed by atoms with Crippen molar-refractivity contribution in [1.29, 1.82) is 0 Å². The number of carbonyl (C=O) groups excluding carboxylic acids is 2. The molecule has 1 atom stereocenters. The number of fused-ring (bicyclic) bond motifs is 1. The Labute approximate surface area is 147 Å². The molecule has 0 radical (unpaired) electrons. The Morgan fingerprint density at radius 1 is 1.24 bits per heavy atom. The predicted molar refractivity (Wildman–Crippen MR) is 94.4 cm³/mol. The number of nitrogens with one attached hydrogen (secondary N) is 1. The molecule has 2 aromatic rings. The maximum Gasteiger partial charge on any atom is 0.359 e. The van der Waals surface area contributed by atoms with Gasteiger partial charge in [-0.25, -0.2) is 9.78 Å². The molecular formula is C19H25N3O3. The molecule has 1 fully saturated rings. The molecule has 6 nitrogen and oxygen atoms in total. The second-order valence-corrected chi connectivity index (χ2v) is 6.77. The fraction of sp³-hybridized carbons (Fsp3) is 0.526. The standard InChI is InChI=1S/C19H25N3O3/c1-13-8-7-11-17-21-16(12-22(13)17)19(24)25-14(2)18(23)20-15-9-5-3-4-6-10-15/h7-8,11-12,14-15H,3-6,9-10H2,1-2H3,(H,20,23)/t14-/m1/s1. The second-order valence-electron chi connectivity index (χ2n) is 6.77. The highest BCUT2D eigenvalue weighted by Crippen LogP contribution is 2.17. The second kappa shape index (κ2) is 7.68. The molecule has 1 N–H and O–H groups in total. The minimum Gasteiger partial charge on any atom is -0.448 e. The largest absolute Gasteiger partial charge is 0.448 e. The number of imidazole rings is 1. The fourth-order valence-corrected chi connectivity index (χ4v) is 3.26. The summed E-state index contributed by atoms with van der Waals surface area (Å²) in [7, 11) is 0. The monoisotopic (exact) mass is 343 g/mol. The van der Waals surface area contributed by atoms with E-state index in [1.54, 1.807) is 13.1 Å². The molecular weight excluding hydrogens is 318 g/mol. The first-order chi connectivity index (χ1) is 12.0. The van der Waals surface area contributed by atoms with Crippen molar-refractivity contribution >= 4 is 17.5 Å². The average molecular weight is 343 g/mol. The van der Waals surface area contributed by atoms with Gasteiger partial charge in [0.25, 0.3) is 5.91 Å². The van der Waals surface area contributed by atoms with Gasteiger partial charge in [-0.15, -0.1) is 0 Å². The van der Waals surface area contributed by atoms with Crippen LogP contribution in [0.15, 0.2) is 24.4 Å². The average Bonchev–Trinajstić information content (AvgIpc) is 2.87. The van der Waals surface area contributed by atoms with Crippen LogP contribution in [0.2, 0.25) is 0 Å². The molecule has 1 saturated carbocycles. The molecule has 134 valence electrons. The van der Waals surface area contributed by atoms with Gasteiger partial charge in [0.1, 0.15) is 5.65 Å². The number of hydrogen-bond acceptors (Lipinski definition) is 4. The highest BCUT2D eigenvalue weighted by atomic mass is 16.5. The Morgan fingerprint density at radius 3 is 2.64 bits per heavy atom. The van der Waals surface area contributed by atoms with Crippen LogP contribution in [0.25, 0.3) is 5.65 Å². The first kappa shape index (κ1) is 17.5. The minimum atomic E-state index is -0.832. The number of amides is 1. The number of nitrogens with zero attached hydrogens (tertiary/aromatic N) is 2. The molecule has 25 heavy (non-hydrogen) atoms. The van der Waals surface area contributed by atoms with Crippen molar-refractivity contribution in [2.24, 2.45) is 0 Å². The lowest BCUT2D eigenvalue weighted by Crippen LogP contribution is -2.41. The molecule has 0 aliphatic heterocycles. The summed E-state index contributed by atoms with van der Waals surface area (Å²) >= 11 is 0. The first-order valence-electron chi connectivity index (χ1n) is 9.00. The number of rotatable bonds is 4. The minimum absolute atomic E-state index is 0.189. The van der Waals surface area contributed by atoms with E-state index in [0.717, 1.165) is 31.4 Å². The van der Waals surface area contributed by atoms with E-state index in [2.05, 4.69) is 10.3 Å². The summed E-state index contributed by atoms with van der Waals surface area (Å²) in [6.45, 7) is 3.54. The molecule has 6 heteroatoms. The van der Waals surface area contributed by atoms with Crippen LogP contribution >= 0.6 is 0 Å². The van der Waals surface area contributed by atoms with Crippen LogP contribution in [0.4, 0.5) is 0 Å². The van der Waals surface area contributed by atoms with Gasteiger partial charge in [0, 0.05) is 17.9 Å². The zero-order chi connectivity index (χ0) is 17.8. The summed E-state index contributed by atoms with van der Waals surface area (Å²) in [6, 6.07) is 5.84. The SMILES string of the molecule is Cc1cccc2nc(C(=O)O[C@H](C)C(=O)NC3CCCCCC3)cn12. The van der Waals surface area contributed by atoms with Crippen LogP contribution in [0.1, 0.15) is 61.6 Å². The van der Waals surface area contributed by atoms with Gasteiger partial charge in [0.15, 0.2) is 11.8 Å². The van der Waals surface area contributed by atoms with Crippen molar-refractivity contribution in [3.63, 3.8) is 0 Å². The highest BCUT2D eigenvalue weighted by molar-refractivity contribution is 5.91. The molecule has 2 aromatic heterocycles. The van der Waals surface area contributed by atoms with E-state index in [0.29, 0.717) is 5.65 Å². The number of carbonyl (C=O) groups is 2. The van der Waals surface area contributed by atoms with Crippen molar-refractivity contribution < 1.29 is 14.3 Å². The smallest absolute Gasteiger partial charge is 0.359 e. The Morgan fingerprint density at radius 2 is 1.96 bits per heavy atom. The van der Waals surface area contributed by atoms with Crippen LogP contribution < -0.4 is 5.32 Å². The number of pyridine rings is 1. The van der Waals surface area contributed by atoms with Crippen LogP contribution in [0, 0.1) is 6.92 Å². The summed E-state index contributed by atoms with van der Waals surface area (Å²) in [5, 5.41) is 3.01. The van der Waals surface area contributed by atoms with Crippen molar-refractivity contribution in [2.75, 3.05) is 0 Å². The number of hydrogen-bond donors (Lipinski definition) is 1. The van der Waals surface area contributed by atoms with Crippen LogP contribution in [-0.2, 0) is 9.53 Å². The van der Waals surface area contributed by atoms with Crippen LogP contribution in [-0.4, -0.2) is 33.4 Å². The summed E-state index contributed by atoms with van der Waals surface area (Å²) in [6.07, 6.45) is 7.54. The van der Waals surface area contributed by atoms with E-state index >= 15 is 0 Å². The lowest BCUT2D eigenvalue weighted by atomic mass is 10.1. The van der Waals surface area contributed by atoms with Gasteiger partial charge in [-0.05, 0) is 38.8 Å². The Bertz CT molecular complexity index is 760. The van der Waals surface area contributed by atoms with E-state index in [-0.39, 0.29) is 17.6 Å². The van der Waals surface area contributed by atoms with Crippen molar-refractivity contribution in [3.8, 4) is 0 Å². The third kappa shape index (κ3) is 4.18. The van der Waals surface area contributed by atoms with Crippen molar-refractivity contribution in [1.82, 2.24) is 14.7 Å². The summed E-state index contributed by atoms with van der Waals surface area (Å²) in [5.41, 5.74) is 1.87. The lowest BCUT2D eigenvalue weighted by molar-refractivity contribution is -0.129. The zero-order valence-electron chi connectivity index (χ0n) is 14.8. The van der Waals surface area contributed by atoms with Crippen LogP contribution in [0.5, 0.6) is 0 Å². The first-order valence-corrected chi connectivity index (χ1v) is 9.00. The van der Waals surface area contributed by atoms with Gasteiger partial charge in [0.2, 0.25) is 0 Å². The summed E-state index contributed by atoms with van der Waals surface area (Å²) in [5.74, 6) is -0.813. The van der Waals surface area contributed by atoms with Crippen molar-refractivity contribution in [2.45, 2.75) is 64.5 Å². The third-order valence-electron chi connectivity index (χ3n) is 4.76. The highest BCUT2D eigenvalue weighted by Gasteiger charge is 2.23. The topological polar surface area (TPSA) is 72.7 Å². The molecule has 0 saturated heterocycles. The number of aromatic nitrogens is 2. The Hall–Kier alpha value is -2.37. The van der Waals surface area contributed by atoms with Gasteiger partial charge in [-0.3, -0.25) is 4.79 Å². The molecule has 1 aliphatic carbocycles. The number of esters is 1. The van der Waals surface area contributed by atoms with Gasteiger partial charge in [-0.1, -0.05) is 31.7 Å². The third-order valence-corrected chi connectivity index (χ3v) is 4.76. The maximum atomic E-state index is 12.3. The van der Waals surface area contributed by atoms with E-state index in [1.807, 2.05) is 29.5 Å². The molecule has 0 spiro atoms. The molecule has 1 amide bonds. The van der Waals surface area contributed by atoms with E-state index in [9.17, 15) is 9.59 Å². The van der Waals surface area contributed by atoms with E-state index in [4.69, 9.17) is 4.74 Å². The molecule has 0 unspecified atom stereocenters. The molecule has 0 aromatic carbocycles. The van der Waals surface area contributed by atoms with E-state index < -0.39 is 12.1 Å². The molecule has 0 bridgehead atoms. The van der Waals surface area contributed by atoms with Gasteiger partial charge >= 0.3 is 5.97 Å². The zero-order valence-corrected chi connectivity index (χ0v) is 14.8. The molecule has 2 heterocycles. The summed E-state index contributed by atoms with van der Waals surface area (Å²) in [4.78, 5) is 28.9. The molecule has 3 rings (SSSR count). The number of ether oxygens (including phenoxy) is 1. The van der Waals surface area contributed by atoms with E-state index in [1.165, 1.54) is 12.8 Å². The summed E-state index contributed by atoms with van der Waals surface area (Å²) < 4.78 is 7.14. The predicted octanol–water partition coefficient (Wildman–Crippen LogP) is 3.03. The van der Waals surface area contributed by atoms with Crippen LogP contribution in [0.3, 0.4) is 0 Å². The maximum absolute atomic E-state index is 12.3. The Balaban J connectivity index is 1.60. The van der Waals surface area contributed by atoms with Gasteiger partial charge in [-0.2, -0.15) is 0 Å². The Kier molecular flexibility index (Phi) is 5.36. The van der Waals surface area contributed by atoms with Crippen molar-refractivity contribution in [3.05, 3.63) is 35.8 Å². The number of aryl methyl sites for hydroxylation is 1. The fourth-order valence-electron chi connectivity index (χ4n) is 3.26. The van der Waals surface area contributed by atoms with Gasteiger partial charge < -0.3 is 14.5 Å². The molecule has 1 aliphatic rings.